The zero-order valence-electron chi connectivity index (χ0n) is 11.7. The highest BCUT2D eigenvalue weighted by Gasteiger charge is 2.19. The molecule has 2 aromatic rings. The molecule has 0 saturated carbocycles. The molecule has 0 bridgehead atoms. The van der Waals surface area contributed by atoms with E-state index in [2.05, 4.69) is 16.5 Å². The molecule has 4 nitrogen and oxygen atoms in total. The van der Waals surface area contributed by atoms with Crippen molar-refractivity contribution in [2.24, 2.45) is 5.73 Å². The van der Waals surface area contributed by atoms with Crippen LogP contribution in [0, 0.1) is 0 Å². The Kier molecular flexibility index (Phi) is 3.90. The molecule has 2 unspecified atom stereocenters. The molecule has 0 saturated heterocycles. The highest BCUT2D eigenvalue weighted by atomic mass is 16.2. The van der Waals surface area contributed by atoms with Crippen LogP contribution in [-0.2, 0) is 11.2 Å². The minimum absolute atomic E-state index is 0.0176. The molecular formula is C15H21N3O. The summed E-state index contributed by atoms with van der Waals surface area (Å²) in [7, 11) is 1.81. The van der Waals surface area contributed by atoms with Gasteiger partial charge in [0.1, 0.15) is 0 Å². The van der Waals surface area contributed by atoms with E-state index < -0.39 is 6.04 Å². The molecule has 0 spiro atoms. The molecule has 0 aliphatic carbocycles. The highest BCUT2D eigenvalue weighted by molar-refractivity contribution is 5.81. The predicted octanol–water partition coefficient (Wildman–Crippen LogP) is 1.68. The summed E-state index contributed by atoms with van der Waals surface area (Å²) in [5.41, 5.74) is 8.08. The highest BCUT2D eigenvalue weighted by Crippen LogP contribution is 2.16. The smallest absolute Gasteiger partial charge is 0.239 e. The minimum atomic E-state index is -0.446. The lowest BCUT2D eigenvalue weighted by molar-refractivity contribution is -0.132. The van der Waals surface area contributed by atoms with Gasteiger partial charge >= 0.3 is 0 Å². The molecule has 1 amide bonds. The van der Waals surface area contributed by atoms with E-state index in [4.69, 9.17) is 5.73 Å². The molecular weight excluding hydrogens is 238 g/mol. The fourth-order valence-corrected chi connectivity index (χ4v) is 2.28. The maximum Gasteiger partial charge on any atom is 0.239 e. The SMILES string of the molecule is CC(N)C(=O)N(C)C(C)Cc1ccn2ccccc12. The number of fused-ring (bicyclic) bond motifs is 1. The number of aromatic nitrogens is 1. The van der Waals surface area contributed by atoms with Crippen molar-refractivity contribution in [3.8, 4) is 0 Å². The Labute approximate surface area is 113 Å². The topological polar surface area (TPSA) is 50.7 Å². The summed E-state index contributed by atoms with van der Waals surface area (Å²) in [6.07, 6.45) is 4.90. The number of rotatable bonds is 4. The average Bonchev–Trinajstić information content (AvgIpc) is 2.80. The van der Waals surface area contributed by atoms with Crippen LogP contribution >= 0.6 is 0 Å². The van der Waals surface area contributed by atoms with E-state index in [1.54, 1.807) is 11.8 Å². The van der Waals surface area contributed by atoms with Crippen LogP contribution in [0.3, 0.4) is 0 Å². The lowest BCUT2D eigenvalue weighted by atomic mass is 10.1. The first-order valence-corrected chi connectivity index (χ1v) is 6.57. The summed E-state index contributed by atoms with van der Waals surface area (Å²) in [4.78, 5) is 13.6. The molecule has 2 rings (SSSR count). The van der Waals surface area contributed by atoms with Crippen molar-refractivity contribution in [2.45, 2.75) is 32.4 Å². The predicted molar refractivity (Wildman–Crippen MR) is 77.0 cm³/mol. The van der Waals surface area contributed by atoms with Crippen LogP contribution in [0.1, 0.15) is 19.4 Å². The summed E-state index contributed by atoms with van der Waals surface area (Å²) in [5.74, 6) is -0.0176. The lowest BCUT2D eigenvalue weighted by Crippen LogP contribution is -2.44. The van der Waals surface area contributed by atoms with Gasteiger partial charge in [-0.05, 0) is 44.0 Å². The maximum absolute atomic E-state index is 11.9. The maximum atomic E-state index is 11.9. The molecule has 0 aliphatic heterocycles. The number of nitrogens with zero attached hydrogens (tertiary/aromatic N) is 2. The number of carbonyl (C=O) groups is 1. The summed E-state index contributed by atoms with van der Waals surface area (Å²) in [5, 5.41) is 0. The van der Waals surface area contributed by atoms with E-state index in [1.807, 2.05) is 38.5 Å². The summed E-state index contributed by atoms with van der Waals surface area (Å²) in [6, 6.07) is 7.92. The van der Waals surface area contributed by atoms with Crippen molar-refractivity contribution in [2.75, 3.05) is 7.05 Å². The largest absolute Gasteiger partial charge is 0.341 e. The van der Waals surface area contributed by atoms with Gasteiger partial charge in [0.25, 0.3) is 0 Å². The molecule has 0 fully saturated rings. The van der Waals surface area contributed by atoms with Crippen LogP contribution in [0.2, 0.25) is 0 Å². The molecule has 2 N–H and O–H groups in total. The number of nitrogens with two attached hydrogens (primary N) is 1. The van der Waals surface area contributed by atoms with Crippen LogP contribution in [-0.4, -0.2) is 34.3 Å². The number of hydrogen-bond acceptors (Lipinski definition) is 2. The number of hydrogen-bond donors (Lipinski definition) is 1. The quantitative estimate of drug-likeness (QED) is 0.908. The van der Waals surface area contributed by atoms with Gasteiger partial charge < -0.3 is 15.0 Å². The van der Waals surface area contributed by atoms with Gasteiger partial charge in [-0.2, -0.15) is 0 Å². The molecule has 0 radical (unpaired) electrons. The minimum Gasteiger partial charge on any atom is -0.341 e. The second kappa shape index (κ2) is 5.45. The normalized spacial score (nSPS) is 14.3. The number of amides is 1. The van der Waals surface area contributed by atoms with Gasteiger partial charge in [-0.3, -0.25) is 4.79 Å². The zero-order chi connectivity index (χ0) is 14.0. The fraction of sp³-hybridized carbons (Fsp3) is 0.400. The van der Waals surface area contributed by atoms with Crippen molar-refractivity contribution >= 4 is 11.4 Å². The van der Waals surface area contributed by atoms with E-state index in [0.717, 1.165) is 6.42 Å². The Morgan fingerprint density at radius 2 is 2.05 bits per heavy atom. The van der Waals surface area contributed by atoms with Gasteiger partial charge in [0, 0.05) is 31.0 Å². The van der Waals surface area contributed by atoms with Crippen LogP contribution in [0.25, 0.3) is 5.52 Å². The molecule has 0 aliphatic rings. The Morgan fingerprint density at radius 1 is 1.32 bits per heavy atom. The van der Waals surface area contributed by atoms with Crippen molar-refractivity contribution in [1.29, 1.82) is 0 Å². The zero-order valence-corrected chi connectivity index (χ0v) is 11.7. The van der Waals surface area contributed by atoms with Gasteiger partial charge in [-0.1, -0.05) is 6.07 Å². The van der Waals surface area contributed by atoms with E-state index in [-0.39, 0.29) is 11.9 Å². The van der Waals surface area contributed by atoms with Gasteiger partial charge in [0.05, 0.1) is 6.04 Å². The van der Waals surface area contributed by atoms with E-state index >= 15 is 0 Å². The number of likely N-dealkylation sites (N-methyl/N-ethyl adjacent to an activating group) is 1. The fourth-order valence-electron chi connectivity index (χ4n) is 2.28. The molecule has 4 heteroatoms. The Balaban J connectivity index is 2.14. The molecule has 2 heterocycles. The summed E-state index contributed by atoms with van der Waals surface area (Å²) in [6.45, 7) is 3.77. The lowest BCUT2D eigenvalue weighted by Gasteiger charge is -2.26. The third-order valence-electron chi connectivity index (χ3n) is 3.57. The number of pyridine rings is 1. The summed E-state index contributed by atoms with van der Waals surface area (Å²) < 4.78 is 2.09. The second-order valence-electron chi connectivity index (χ2n) is 5.13. The Morgan fingerprint density at radius 3 is 2.74 bits per heavy atom. The van der Waals surface area contributed by atoms with Crippen molar-refractivity contribution < 1.29 is 4.79 Å². The third-order valence-corrected chi connectivity index (χ3v) is 3.57. The first-order chi connectivity index (χ1) is 9.00. The molecule has 19 heavy (non-hydrogen) atoms. The van der Waals surface area contributed by atoms with Crippen LogP contribution < -0.4 is 5.73 Å². The van der Waals surface area contributed by atoms with Crippen LogP contribution in [0.5, 0.6) is 0 Å². The number of carbonyl (C=O) groups excluding carboxylic acids is 1. The van der Waals surface area contributed by atoms with E-state index in [1.165, 1.54) is 11.1 Å². The molecule has 102 valence electrons. The van der Waals surface area contributed by atoms with Crippen LogP contribution in [0.4, 0.5) is 0 Å². The standard InChI is InChI=1S/C15H21N3O/c1-11(17(3)15(19)12(2)16)10-13-7-9-18-8-5-4-6-14(13)18/h4-9,11-12H,10,16H2,1-3H3. The Hall–Kier alpha value is -1.81. The summed E-state index contributed by atoms with van der Waals surface area (Å²) >= 11 is 0. The van der Waals surface area contributed by atoms with Gasteiger partial charge in [0.15, 0.2) is 0 Å². The van der Waals surface area contributed by atoms with Crippen LogP contribution in [0.15, 0.2) is 36.7 Å². The first-order valence-electron chi connectivity index (χ1n) is 6.57. The Bertz CT molecular complexity index is 574. The van der Waals surface area contributed by atoms with Gasteiger partial charge in [-0.15, -0.1) is 0 Å². The van der Waals surface area contributed by atoms with Crippen molar-refractivity contribution in [3.63, 3.8) is 0 Å². The van der Waals surface area contributed by atoms with Crippen molar-refractivity contribution in [3.05, 3.63) is 42.2 Å². The van der Waals surface area contributed by atoms with Gasteiger partial charge in [0.2, 0.25) is 5.91 Å². The van der Waals surface area contributed by atoms with Crippen molar-refractivity contribution in [1.82, 2.24) is 9.30 Å². The first kappa shape index (κ1) is 13.6. The van der Waals surface area contributed by atoms with E-state index in [9.17, 15) is 4.79 Å². The van der Waals surface area contributed by atoms with Gasteiger partial charge in [-0.25, -0.2) is 0 Å². The molecule has 0 aromatic carbocycles. The molecule has 2 atom stereocenters. The third kappa shape index (κ3) is 2.79. The monoisotopic (exact) mass is 259 g/mol. The average molecular weight is 259 g/mol. The van der Waals surface area contributed by atoms with E-state index in [0.29, 0.717) is 0 Å². The second-order valence-corrected chi connectivity index (χ2v) is 5.13. The molecule has 2 aromatic heterocycles.